The van der Waals surface area contributed by atoms with E-state index in [2.05, 4.69) is 5.32 Å². The van der Waals surface area contributed by atoms with Crippen molar-refractivity contribution in [1.82, 2.24) is 5.32 Å². The molecule has 4 nitrogen and oxygen atoms in total. The number of nitrogens with two attached hydrogens (primary N) is 1. The first-order valence-electron chi connectivity index (χ1n) is 8.28. The number of sulfonamides is 1. The molecule has 0 saturated carbocycles. The summed E-state index contributed by atoms with van der Waals surface area (Å²) in [6.07, 6.45) is 0. The van der Waals surface area contributed by atoms with Crippen LogP contribution in [0.2, 0.25) is 0 Å². The average molecular weight is 406 g/mol. The Labute approximate surface area is 160 Å². The van der Waals surface area contributed by atoms with E-state index in [1.54, 1.807) is 43.4 Å². The van der Waals surface area contributed by atoms with Gasteiger partial charge in [0.15, 0.2) is 5.82 Å². The molecule has 0 heterocycles. The van der Waals surface area contributed by atoms with Crippen molar-refractivity contribution in [2.24, 2.45) is 5.14 Å². The van der Waals surface area contributed by atoms with Crippen LogP contribution in [-0.4, -0.2) is 15.5 Å². The van der Waals surface area contributed by atoms with Gasteiger partial charge in [0.1, 0.15) is 16.5 Å². The molecule has 0 spiro atoms. The van der Waals surface area contributed by atoms with Crippen LogP contribution in [0.5, 0.6) is 0 Å². The monoisotopic (exact) mass is 406 g/mol. The van der Waals surface area contributed by atoms with E-state index in [1.807, 2.05) is 0 Å². The minimum Gasteiger partial charge on any atom is -0.316 e. The van der Waals surface area contributed by atoms with Gasteiger partial charge in [-0.3, -0.25) is 0 Å². The van der Waals surface area contributed by atoms with Gasteiger partial charge in [-0.15, -0.1) is 0 Å². The summed E-state index contributed by atoms with van der Waals surface area (Å²) in [5.74, 6) is -3.37. The fourth-order valence-electron chi connectivity index (χ4n) is 3.03. The van der Waals surface area contributed by atoms with Crippen molar-refractivity contribution < 1.29 is 21.6 Å². The van der Waals surface area contributed by atoms with E-state index in [4.69, 9.17) is 5.14 Å². The van der Waals surface area contributed by atoms with Gasteiger partial charge in [-0.1, -0.05) is 42.5 Å². The molecule has 0 saturated heterocycles. The largest absolute Gasteiger partial charge is 0.316 e. The van der Waals surface area contributed by atoms with Gasteiger partial charge in [-0.2, -0.15) is 0 Å². The zero-order valence-electron chi connectivity index (χ0n) is 14.8. The summed E-state index contributed by atoms with van der Waals surface area (Å²) in [5, 5.41) is 7.81. The zero-order valence-corrected chi connectivity index (χ0v) is 15.7. The van der Waals surface area contributed by atoms with Crippen molar-refractivity contribution in [2.75, 3.05) is 7.05 Å². The van der Waals surface area contributed by atoms with Crippen LogP contribution in [0.4, 0.5) is 13.2 Å². The minimum atomic E-state index is -4.47. The molecule has 3 N–H and O–H groups in total. The molecule has 146 valence electrons. The number of halogens is 3. The standard InChI is InChI=1S/C20H17F3N2O2S/c1-25-11-13-7-8-14(12-5-3-2-4-6-12)17(19(13)22)18-15(21)9-10-16(20(18)23)28(24,26)27/h2-10,25H,11H2,1H3,(H2,24,26,27). The first kappa shape index (κ1) is 20.1. The molecule has 3 aromatic carbocycles. The van der Waals surface area contributed by atoms with Gasteiger partial charge in [0.25, 0.3) is 0 Å². The minimum absolute atomic E-state index is 0.117. The number of hydrogen-bond donors (Lipinski definition) is 2. The maximum atomic E-state index is 15.3. The van der Waals surface area contributed by atoms with E-state index in [0.29, 0.717) is 5.56 Å². The molecule has 0 amide bonds. The van der Waals surface area contributed by atoms with Gasteiger partial charge in [-0.25, -0.2) is 26.7 Å². The highest BCUT2D eigenvalue weighted by atomic mass is 32.2. The maximum Gasteiger partial charge on any atom is 0.240 e. The molecule has 0 bridgehead atoms. The lowest BCUT2D eigenvalue weighted by Gasteiger charge is -2.17. The number of hydrogen-bond acceptors (Lipinski definition) is 3. The van der Waals surface area contributed by atoms with E-state index in [1.165, 1.54) is 6.07 Å². The third kappa shape index (κ3) is 3.66. The first-order chi connectivity index (χ1) is 13.3. The first-order valence-corrected chi connectivity index (χ1v) is 9.83. The van der Waals surface area contributed by atoms with Crippen LogP contribution in [0.25, 0.3) is 22.3 Å². The van der Waals surface area contributed by atoms with E-state index in [0.717, 1.165) is 12.1 Å². The Morgan fingerprint density at radius 1 is 0.893 bits per heavy atom. The topological polar surface area (TPSA) is 72.2 Å². The molecule has 3 rings (SSSR count). The Balaban J connectivity index is 2.43. The summed E-state index contributed by atoms with van der Waals surface area (Å²) >= 11 is 0. The lowest BCUT2D eigenvalue weighted by Crippen LogP contribution is -2.15. The molecular formula is C20H17F3N2O2S. The van der Waals surface area contributed by atoms with E-state index in [9.17, 15) is 12.8 Å². The van der Waals surface area contributed by atoms with Gasteiger partial charge >= 0.3 is 0 Å². The fourth-order valence-corrected chi connectivity index (χ4v) is 3.64. The van der Waals surface area contributed by atoms with E-state index in [-0.39, 0.29) is 23.2 Å². The summed E-state index contributed by atoms with van der Waals surface area (Å²) < 4.78 is 68.3. The number of nitrogens with one attached hydrogen (secondary N) is 1. The normalized spacial score (nSPS) is 11.6. The number of rotatable bonds is 5. The Morgan fingerprint density at radius 2 is 1.57 bits per heavy atom. The third-order valence-corrected chi connectivity index (χ3v) is 5.21. The van der Waals surface area contributed by atoms with Gasteiger partial charge in [0.2, 0.25) is 10.0 Å². The lowest BCUT2D eigenvalue weighted by atomic mass is 9.91. The molecule has 0 aliphatic rings. The maximum absolute atomic E-state index is 15.3. The van der Waals surface area contributed by atoms with Crippen molar-refractivity contribution in [1.29, 1.82) is 0 Å². The van der Waals surface area contributed by atoms with Crippen LogP contribution in [0.3, 0.4) is 0 Å². The Morgan fingerprint density at radius 3 is 2.18 bits per heavy atom. The van der Waals surface area contributed by atoms with Crippen LogP contribution >= 0.6 is 0 Å². The van der Waals surface area contributed by atoms with Crippen LogP contribution in [0.15, 0.2) is 59.5 Å². The predicted molar refractivity (Wildman–Crippen MR) is 101 cm³/mol. The van der Waals surface area contributed by atoms with Crippen LogP contribution in [-0.2, 0) is 16.6 Å². The molecule has 0 unspecified atom stereocenters. The fraction of sp³-hybridized carbons (Fsp3) is 0.100. The molecule has 0 fully saturated rings. The Bertz CT molecular complexity index is 1130. The van der Waals surface area contributed by atoms with Crippen molar-refractivity contribution in [3.8, 4) is 22.3 Å². The second-order valence-electron chi connectivity index (χ2n) is 6.14. The highest BCUT2D eigenvalue weighted by molar-refractivity contribution is 7.89. The van der Waals surface area contributed by atoms with E-state index < -0.39 is 37.9 Å². The molecule has 0 aliphatic carbocycles. The molecule has 8 heteroatoms. The molecule has 0 radical (unpaired) electrons. The Hall–Kier alpha value is -2.68. The second-order valence-corrected chi connectivity index (χ2v) is 7.67. The second kappa shape index (κ2) is 7.75. The highest BCUT2D eigenvalue weighted by Crippen LogP contribution is 2.39. The summed E-state index contributed by atoms with van der Waals surface area (Å²) in [4.78, 5) is -0.902. The third-order valence-electron chi connectivity index (χ3n) is 4.29. The predicted octanol–water partition coefficient (Wildman–Crippen LogP) is 3.80. The molecule has 0 atom stereocenters. The highest BCUT2D eigenvalue weighted by Gasteiger charge is 2.27. The summed E-state index contributed by atoms with van der Waals surface area (Å²) in [7, 11) is -2.86. The average Bonchev–Trinajstić information content (AvgIpc) is 2.64. The van der Waals surface area contributed by atoms with Gasteiger partial charge in [0.05, 0.1) is 5.56 Å². The Kier molecular flexibility index (Phi) is 5.55. The van der Waals surface area contributed by atoms with Crippen molar-refractivity contribution in [2.45, 2.75) is 11.4 Å². The smallest absolute Gasteiger partial charge is 0.240 e. The summed E-state index contributed by atoms with van der Waals surface area (Å²) in [6.45, 7) is 0.117. The molecule has 28 heavy (non-hydrogen) atoms. The molecule has 0 aliphatic heterocycles. The molecule has 3 aromatic rings. The lowest BCUT2D eigenvalue weighted by molar-refractivity contribution is 0.549. The number of primary sulfonamides is 1. The van der Waals surface area contributed by atoms with Crippen molar-refractivity contribution >= 4 is 10.0 Å². The summed E-state index contributed by atoms with van der Waals surface area (Å²) in [5.41, 5.74) is -0.216. The number of benzene rings is 3. The van der Waals surface area contributed by atoms with Crippen LogP contribution in [0, 0.1) is 17.5 Å². The van der Waals surface area contributed by atoms with Crippen molar-refractivity contribution in [3.63, 3.8) is 0 Å². The van der Waals surface area contributed by atoms with Crippen LogP contribution in [0.1, 0.15) is 5.56 Å². The molecular weight excluding hydrogens is 389 g/mol. The molecule has 0 aromatic heterocycles. The van der Waals surface area contributed by atoms with Crippen molar-refractivity contribution in [3.05, 3.63) is 77.6 Å². The quantitative estimate of drug-likeness (QED) is 0.677. The van der Waals surface area contributed by atoms with Gasteiger partial charge < -0.3 is 5.32 Å². The van der Waals surface area contributed by atoms with Crippen LogP contribution < -0.4 is 10.5 Å². The van der Waals surface area contributed by atoms with E-state index >= 15 is 8.78 Å². The van der Waals surface area contributed by atoms with Gasteiger partial charge in [0, 0.05) is 17.7 Å². The SMILES string of the molecule is CNCc1ccc(-c2ccccc2)c(-c2c(F)ccc(S(N)(=O)=O)c2F)c1F. The van der Waals surface area contributed by atoms with Gasteiger partial charge in [-0.05, 0) is 30.3 Å². The zero-order chi connectivity index (χ0) is 20.5. The summed E-state index contributed by atoms with van der Waals surface area (Å²) in [6, 6.07) is 13.0.